The molecule has 1 saturated carbocycles. The molecule has 3 rings (SSSR count). The molecule has 0 saturated heterocycles. The number of benzene rings is 2. The molecular weight excluding hydrogens is 340 g/mol. The van der Waals surface area contributed by atoms with Crippen molar-refractivity contribution in [3.63, 3.8) is 0 Å². The Morgan fingerprint density at radius 3 is 2.59 bits per heavy atom. The summed E-state index contributed by atoms with van der Waals surface area (Å²) in [5.74, 6) is 1.42. The van der Waals surface area contributed by atoms with Gasteiger partial charge in [0.2, 0.25) is 0 Å². The normalized spacial score (nSPS) is 13.9. The zero-order chi connectivity index (χ0) is 19.1. The molecule has 27 heavy (non-hydrogen) atoms. The first kappa shape index (κ1) is 19.2. The number of carbonyl (C=O) groups is 1. The molecule has 0 spiro atoms. The Morgan fingerprint density at radius 2 is 1.85 bits per heavy atom. The molecule has 2 aromatic rings. The molecule has 1 fully saturated rings. The summed E-state index contributed by atoms with van der Waals surface area (Å²) in [5, 5.41) is 5.98. The van der Waals surface area contributed by atoms with Crippen LogP contribution >= 0.6 is 0 Å². The molecule has 1 aliphatic carbocycles. The van der Waals surface area contributed by atoms with E-state index >= 15 is 0 Å². The van der Waals surface area contributed by atoms with Crippen LogP contribution in [0.5, 0.6) is 5.75 Å². The first-order valence-electron chi connectivity index (χ1n) is 9.47. The summed E-state index contributed by atoms with van der Waals surface area (Å²) in [7, 11) is 0. The van der Waals surface area contributed by atoms with Crippen LogP contribution in [-0.4, -0.2) is 24.8 Å². The van der Waals surface area contributed by atoms with E-state index in [4.69, 9.17) is 9.47 Å². The van der Waals surface area contributed by atoms with E-state index in [0.717, 1.165) is 17.0 Å². The van der Waals surface area contributed by atoms with Crippen LogP contribution in [0.1, 0.15) is 32.3 Å². The van der Waals surface area contributed by atoms with E-state index in [0.29, 0.717) is 25.7 Å². The maximum Gasteiger partial charge on any atom is 0.319 e. The van der Waals surface area contributed by atoms with Gasteiger partial charge in [0, 0.05) is 11.2 Å². The third-order valence-corrected chi connectivity index (χ3v) is 4.73. The zero-order valence-electron chi connectivity index (χ0n) is 16.0. The monoisotopic (exact) mass is 368 g/mol. The number of anilines is 1. The minimum absolute atomic E-state index is 0.163. The van der Waals surface area contributed by atoms with E-state index in [1.807, 2.05) is 54.6 Å². The molecule has 0 heterocycles. The molecule has 2 amide bonds. The average molecular weight is 368 g/mol. The topological polar surface area (TPSA) is 59.6 Å². The quantitative estimate of drug-likeness (QED) is 0.636. The third-order valence-electron chi connectivity index (χ3n) is 4.73. The second-order valence-corrected chi connectivity index (χ2v) is 7.49. The average Bonchev–Trinajstić information content (AvgIpc) is 3.48. The van der Waals surface area contributed by atoms with Crippen LogP contribution in [0.4, 0.5) is 10.5 Å². The Hall–Kier alpha value is -2.53. The lowest BCUT2D eigenvalue weighted by Crippen LogP contribution is -2.47. The van der Waals surface area contributed by atoms with Gasteiger partial charge in [-0.1, -0.05) is 30.3 Å². The molecule has 0 aliphatic heterocycles. The number of ether oxygens (including phenoxy) is 2. The van der Waals surface area contributed by atoms with E-state index in [9.17, 15) is 4.79 Å². The van der Waals surface area contributed by atoms with Crippen LogP contribution < -0.4 is 15.4 Å². The second kappa shape index (κ2) is 8.91. The van der Waals surface area contributed by atoms with Crippen LogP contribution in [0.15, 0.2) is 54.6 Å². The van der Waals surface area contributed by atoms with E-state index in [1.165, 1.54) is 12.8 Å². The third kappa shape index (κ3) is 6.29. The summed E-state index contributed by atoms with van der Waals surface area (Å²) in [6, 6.07) is 17.2. The van der Waals surface area contributed by atoms with E-state index in [2.05, 4.69) is 24.5 Å². The van der Waals surface area contributed by atoms with Crippen molar-refractivity contribution in [2.24, 2.45) is 5.92 Å². The van der Waals surface area contributed by atoms with Gasteiger partial charge in [0.05, 0.1) is 13.2 Å². The standard InChI is InChI=1S/C22H28N2O3/c1-22(2,18-11-12-18)24-21(25)23-19-8-6-7-17(15-19)16-26-13-14-27-20-9-4-3-5-10-20/h3-10,15,18H,11-14,16H2,1-2H3,(H2,23,24,25). The molecule has 1 aliphatic rings. The number of urea groups is 1. The maximum absolute atomic E-state index is 12.2. The van der Waals surface area contributed by atoms with Gasteiger partial charge in [0.25, 0.3) is 0 Å². The zero-order valence-corrected chi connectivity index (χ0v) is 16.0. The number of rotatable bonds is 9. The molecular formula is C22H28N2O3. The number of hydrogen-bond donors (Lipinski definition) is 2. The maximum atomic E-state index is 12.2. The highest BCUT2D eigenvalue weighted by Crippen LogP contribution is 2.39. The minimum Gasteiger partial charge on any atom is -0.491 e. The van der Waals surface area contributed by atoms with Crippen LogP contribution in [-0.2, 0) is 11.3 Å². The second-order valence-electron chi connectivity index (χ2n) is 7.49. The van der Waals surface area contributed by atoms with Crippen LogP contribution in [0.3, 0.4) is 0 Å². The minimum atomic E-state index is -0.166. The van der Waals surface area contributed by atoms with Crippen LogP contribution in [0.2, 0.25) is 0 Å². The fraction of sp³-hybridized carbons (Fsp3) is 0.409. The summed E-state index contributed by atoms with van der Waals surface area (Å²) in [5.41, 5.74) is 1.61. The lowest BCUT2D eigenvalue weighted by molar-refractivity contribution is 0.0889. The van der Waals surface area contributed by atoms with Gasteiger partial charge in [-0.15, -0.1) is 0 Å². The summed E-state index contributed by atoms with van der Waals surface area (Å²) in [6.45, 7) is 5.63. The number of hydrogen-bond acceptors (Lipinski definition) is 3. The molecule has 0 unspecified atom stereocenters. The summed E-state index contributed by atoms with van der Waals surface area (Å²) in [6.07, 6.45) is 2.38. The van der Waals surface area contributed by atoms with Gasteiger partial charge in [0.1, 0.15) is 12.4 Å². The summed E-state index contributed by atoms with van der Waals surface area (Å²) < 4.78 is 11.3. The summed E-state index contributed by atoms with van der Waals surface area (Å²) in [4.78, 5) is 12.2. The van der Waals surface area contributed by atoms with Gasteiger partial charge in [-0.3, -0.25) is 0 Å². The van der Waals surface area contributed by atoms with Gasteiger partial charge in [0.15, 0.2) is 0 Å². The largest absolute Gasteiger partial charge is 0.491 e. The van der Waals surface area contributed by atoms with Crippen molar-refractivity contribution in [1.82, 2.24) is 5.32 Å². The molecule has 0 radical (unpaired) electrons. The van der Waals surface area contributed by atoms with Gasteiger partial charge in [-0.25, -0.2) is 4.79 Å². The smallest absolute Gasteiger partial charge is 0.319 e. The van der Waals surface area contributed by atoms with Gasteiger partial charge >= 0.3 is 6.03 Å². The Morgan fingerprint density at radius 1 is 1.07 bits per heavy atom. The number of para-hydroxylation sites is 1. The Balaban J connectivity index is 1.39. The van der Waals surface area contributed by atoms with Crippen molar-refractivity contribution >= 4 is 11.7 Å². The van der Waals surface area contributed by atoms with E-state index in [-0.39, 0.29) is 11.6 Å². The Bertz CT molecular complexity index is 742. The highest BCUT2D eigenvalue weighted by Gasteiger charge is 2.38. The van der Waals surface area contributed by atoms with Crippen molar-refractivity contribution in [3.8, 4) is 5.75 Å². The molecule has 0 aromatic heterocycles. The first-order valence-corrected chi connectivity index (χ1v) is 9.47. The van der Waals surface area contributed by atoms with Crippen LogP contribution in [0, 0.1) is 5.92 Å². The van der Waals surface area contributed by atoms with Gasteiger partial charge in [-0.2, -0.15) is 0 Å². The summed E-state index contributed by atoms with van der Waals surface area (Å²) >= 11 is 0. The first-order chi connectivity index (χ1) is 13.0. The fourth-order valence-corrected chi connectivity index (χ4v) is 3.03. The molecule has 144 valence electrons. The molecule has 5 nitrogen and oxygen atoms in total. The Kier molecular flexibility index (Phi) is 6.35. The number of nitrogens with one attached hydrogen (secondary N) is 2. The molecule has 2 aromatic carbocycles. The number of carbonyl (C=O) groups excluding carboxylic acids is 1. The van der Waals surface area contributed by atoms with E-state index in [1.54, 1.807) is 0 Å². The number of amides is 2. The molecule has 5 heteroatoms. The predicted octanol–water partition coefficient (Wildman–Crippen LogP) is 4.59. The fourth-order valence-electron chi connectivity index (χ4n) is 3.03. The molecule has 0 bridgehead atoms. The predicted molar refractivity (Wildman–Crippen MR) is 107 cm³/mol. The lowest BCUT2D eigenvalue weighted by Gasteiger charge is -2.26. The molecule has 2 N–H and O–H groups in total. The van der Waals surface area contributed by atoms with Crippen molar-refractivity contribution in [2.45, 2.75) is 38.8 Å². The Labute approximate surface area is 161 Å². The van der Waals surface area contributed by atoms with E-state index < -0.39 is 0 Å². The van der Waals surface area contributed by atoms with Crippen molar-refractivity contribution in [3.05, 3.63) is 60.2 Å². The van der Waals surface area contributed by atoms with Gasteiger partial charge in [-0.05, 0) is 62.4 Å². The lowest BCUT2D eigenvalue weighted by atomic mass is 9.99. The van der Waals surface area contributed by atoms with Gasteiger partial charge < -0.3 is 20.1 Å². The van der Waals surface area contributed by atoms with Crippen molar-refractivity contribution < 1.29 is 14.3 Å². The highest BCUT2D eigenvalue weighted by atomic mass is 16.5. The highest BCUT2D eigenvalue weighted by molar-refractivity contribution is 5.89. The molecule has 0 atom stereocenters. The van der Waals surface area contributed by atoms with Crippen molar-refractivity contribution in [1.29, 1.82) is 0 Å². The van der Waals surface area contributed by atoms with Crippen LogP contribution in [0.25, 0.3) is 0 Å². The van der Waals surface area contributed by atoms with Crippen molar-refractivity contribution in [2.75, 3.05) is 18.5 Å². The SMILES string of the molecule is CC(C)(NC(=O)Nc1cccc(COCCOc2ccccc2)c1)C1CC1.